The molecule has 0 aliphatic heterocycles. The SMILES string of the molecule is N/C(=N\O)c1nc(Cl)cs1. The van der Waals surface area contributed by atoms with Crippen LogP contribution in [-0.2, 0) is 0 Å². The normalized spacial score (nSPS) is 11.9. The molecule has 0 fully saturated rings. The molecule has 3 N–H and O–H groups in total. The van der Waals surface area contributed by atoms with Crippen LogP contribution in [0.5, 0.6) is 0 Å². The number of hydrogen-bond acceptors (Lipinski definition) is 4. The van der Waals surface area contributed by atoms with E-state index in [0.717, 1.165) is 0 Å². The molecule has 1 aromatic rings. The van der Waals surface area contributed by atoms with Gasteiger partial charge in [-0.15, -0.1) is 11.3 Å². The Labute approximate surface area is 65.9 Å². The molecule has 0 aliphatic carbocycles. The maximum atomic E-state index is 8.18. The molecule has 1 heterocycles. The van der Waals surface area contributed by atoms with E-state index in [9.17, 15) is 0 Å². The lowest BCUT2D eigenvalue weighted by Crippen LogP contribution is -2.12. The molecule has 0 unspecified atom stereocenters. The first-order valence-electron chi connectivity index (χ1n) is 2.33. The van der Waals surface area contributed by atoms with Gasteiger partial charge in [0.2, 0.25) is 0 Å². The van der Waals surface area contributed by atoms with Crippen LogP contribution in [0.1, 0.15) is 5.01 Å². The van der Waals surface area contributed by atoms with Crippen molar-refractivity contribution in [3.63, 3.8) is 0 Å². The average molecular weight is 178 g/mol. The molecular weight excluding hydrogens is 174 g/mol. The molecule has 0 spiro atoms. The van der Waals surface area contributed by atoms with Gasteiger partial charge in [-0.05, 0) is 0 Å². The van der Waals surface area contributed by atoms with Gasteiger partial charge in [0.1, 0.15) is 5.15 Å². The van der Waals surface area contributed by atoms with E-state index in [-0.39, 0.29) is 5.84 Å². The van der Waals surface area contributed by atoms with E-state index in [1.807, 2.05) is 0 Å². The molecule has 54 valence electrons. The molecule has 0 bridgehead atoms. The monoisotopic (exact) mass is 177 g/mol. The van der Waals surface area contributed by atoms with Crippen LogP contribution in [0.4, 0.5) is 0 Å². The summed E-state index contributed by atoms with van der Waals surface area (Å²) in [7, 11) is 0. The molecule has 0 aliphatic rings. The maximum absolute atomic E-state index is 8.18. The van der Waals surface area contributed by atoms with Crippen LogP contribution in [0, 0.1) is 0 Å². The summed E-state index contributed by atoms with van der Waals surface area (Å²) < 4.78 is 0. The minimum absolute atomic E-state index is 0.0168. The lowest BCUT2D eigenvalue weighted by Gasteiger charge is -1.86. The van der Waals surface area contributed by atoms with E-state index in [2.05, 4.69) is 10.1 Å². The van der Waals surface area contributed by atoms with Crippen molar-refractivity contribution in [2.75, 3.05) is 0 Å². The van der Waals surface area contributed by atoms with E-state index >= 15 is 0 Å². The second-order valence-electron chi connectivity index (χ2n) is 1.46. The van der Waals surface area contributed by atoms with Crippen molar-refractivity contribution in [2.24, 2.45) is 10.9 Å². The number of nitrogens with zero attached hydrogens (tertiary/aromatic N) is 2. The van der Waals surface area contributed by atoms with Crippen LogP contribution in [0.3, 0.4) is 0 Å². The smallest absolute Gasteiger partial charge is 0.199 e. The summed E-state index contributed by atoms with van der Waals surface area (Å²) in [5.41, 5.74) is 5.20. The first kappa shape index (κ1) is 7.30. The van der Waals surface area contributed by atoms with Crippen molar-refractivity contribution in [1.29, 1.82) is 0 Å². The van der Waals surface area contributed by atoms with Gasteiger partial charge in [0.05, 0.1) is 0 Å². The molecule has 0 amide bonds. The lowest BCUT2D eigenvalue weighted by atomic mass is 10.6. The Hall–Kier alpha value is -0.810. The van der Waals surface area contributed by atoms with Crippen molar-refractivity contribution >= 4 is 28.8 Å². The second kappa shape index (κ2) is 2.85. The zero-order valence-electron chi connectivity index (χ0n) is 4.78. The van der Waals surface area contributed by atoms with Crippen molar-refractivity contribution in [2.45, 2.75) is 0 Å². The summed E-state index contributed by atoms with van der Waals surface area (Å²) in [5, 5.41) is 13.3. The maximum Gasteiger partial charge on any atom is 0.199 e. The van der Waals surface area contributed by atoms with E-state index in [1.54, 1.807) is 5.38 Å². The third-order valence-electron chi connectivity index (χ3n) is 0.803. The van der Waals surface area contributed by atoms with Gasteiger partial charge >= 0.3 is 0 Å². The molecule has 0 aromatic carbocycles. The van der Waals surface area contributed by atoms with E-state index in [0.29, 0.717) is 10.2 Å². The van der Waals surface area contributed by atoms with E-state index in [1.165, 1.54) is 11.3 Å². The topological polar surface area (TPSA) is 71.5 Å². The molecule has 10 heavy (non-hydrogen) atoms. The number of halogens is 1. The predicted molar refractivity (Wildman–Crippen MR) is 39.6 cm³/mol. The number of rotatable bonds is 1. The quantitative estimate of drug-likeness (QED) is 0.290. The molecule has 6 heteroatoms. The largest absolute Gasteiger partial charge is 0.409 e. The molecule has 4 nitrogen and oxygen atoms in total. The third kappa shape index (κ3) is 1.37. The zero-order chi connectivity index (χ0) is 7.56. The minimum atomic E-state index is -0.0168. The van der Waals surface area contributed by atoms with Crippen LogP contribution in [0.2, 0.25) is 5.15 Å². The fraction of sp³-hybridized carbons (Fsp3) is 0. The molecular formula is C4H4ClN3OS. The van der Waals surface area contributed by atoms with Crippen LogP contribution < -0.4 is 5.73 Å². The fourth-order valence-corrected chi connectivity index (χ4v) is 1.26. The number of hydrogen-bond donors (Lipinski definition) is 2. The van der Waals surface area contributed by atoms with Gasteiger partial charge in [0.15, 0.2) is 10.8 Å². The highest BCUT2D eigenvalue weighted by molar-refractivity contribution is 7.12. The molecule has 0 saturated heterocycles. The highest BCUT2D eigenvalue weighted by Gasteiger charge is 2.03. The van der Waals surface area contributed by atoms with Crippen LogP contribution in [-0.4, -0.2) is 16.0 Å². The number of oxime groups is 1. The lowest BCUT2D eigenvalue weighted by molar-refractivity contribution is 0.318. The average Bonchev–Trinajstić information content (AvgIpc) is 2.34. The predicted octanol–water partition coefficient (Wildman–Crippen LogP) is 0.891. The minimum Gasteiger partial charge on any atom is -0.409 e. The summed E-state index contributed by atoms with van der Waals surface area (Å²) >= 11 is 6.69. The summed E-state index contributed by atoms with van der Waals surface area (Å²) in [5.74, 6) is -0.0168. The van der Waals surface area contributed by atoms with Gasteiger partial charge in [0, 0.05) is 5.38 Å². The Kier molecular flexibility index (Phi) is 2.08. The third-order valence-corrected chi connectivity index (χ3v) is 1.99. The first-order valence-corrected chi connectivity index (χ1v) is 3.58. The Morgan fingerprint density at radius 1 is 1.90 bits per heavy atom. The molecule has 0 saturated carbocycles. The molecule has 0 radical (unpaired) electrons. The van der Waals surface area contributed by atoms with Gasteiger partial charge in [-0.3, -0.25) is 0 Å². The van der Waals surface area contributed by atoms with Gasteiger partial charge in [-0.1, -0.05) is 16.8 Å². The number of amidine groups is 1. The zero-order valence-corrected chi connectivity index (χ0v) is 6.35. The summed E-state index contributed by atoms with van der Waals surface area (Å²) in [4.78, 5) is 3.75. The highest BCUT2D eigenvalue weighted by Crippen LogP contribution is 2.13. The van der Waals surface area contributed by atoms with Crippen molar-refractivity contribution in [1.82, 2.24) is 4.98 Å². The summed E-state index contributed by atoms with van der Waals surface area (Å²) in [6.45, 7) is 0. The van der Waals surface area contributed by atoms with Gasteiger partial charge in [-0.2, -0.15) is 0 Å². The van der Waals surface area contributed by atoms with Gasteiger partial charge in [-0.25, -0.2) is 4.98 Å². The molecule has 0 atom stereocenters. The highest BCUT2D eigenvalue weighted by atomic mass is 35.5. The molecule has 1 aromatic heterocycles. The molecule has 1 rings (SSSR count). The first-order chi connectivity index (χ1) is 4.74. The fourth-order valence-electron chi connectivity index (χ4n) is 0.415. The van der Waals surface area contributed by atoms with Gasteiger partial charge < -0.3 is 10.9 Å². The van der Waals surface area contributed by atoms with E-state index in [4.69, 9.17) is 22.5 Å². The summed E-state index contributed by atoms with van der Waals surface area (Å²) in [6.07, 6.45) is 0. The van der Waals surface area contributed by atoms with Crippen molar-refractivity contribution < 1.29 is 5.21 Å². The van der Waals surface area contributed by atoms with Crippen LogP contribution in [0.25, 0.3) is 0 Å². The standard InChI is InChI=1S/C4H4ClN3OS/c5-2-1-10-4(7-2)3(6)8-9/h1,9H,(H2,6,8). The van der Waals surface area contributed by atoms with E-state index < -0.39 is 0 Å². The number of nitrogens with two attached hydrogens (primary N) is 1. The second-order valence-corrected chi connectivity index (χ2v) is 2.71. The van der Waals surface area contributed by atoms with Crippen molar-refractivity contribution in [3.05, 3.63) is 15.5 Å². The Morgan fingerprint density at radius 3 is 3.00 bits per heavy atom. The van der Waals surface area contributed by atoms with Crippen molar-refractivity contribution in [3.8, 4) is 0 Å². The van der Waals surface area contributed by atoms with Gasteiger partial charge in [0.25, 0.3) is 0 Å². The number of aromatic nitrogens is 1. The van der Waals surface area contributed by atoms with Crippen LogP contribution in [0.15, 0.2) is 10.5 Å². The Balaban J connectivity index is 2.95. The van der Waals surface area contributed by atoms with Crippen LogP contribution >= 0.6 is 22.9 Å². The summed E-state index contributed by atoms with van der Waals surface area (Å²) in [6, 6.07) is 0. The Morgan fingerprint density at radius 2 is 2.60 bits per heavy atom. The Bertz CT molecular complexity index is 259. The number of thiazole rings is 1.